The Hall–Kier alpha value is -3.65. The molecule has 3 aromatic rings. The summed E-state index contributed by atoms with van der Waals surface area (Å²) in [6.07, 6.45) is 2.10. The van der Waals surface area contributed by atoms with E-state index in [1.165, 1.54) is 12.4 Å². The molecular formula is C19H18F3N8+. The summed E-state index contributed by atoms with van der Waals surface area (Å²) in [7, 11) is 0. The quantitative estimate of drug-likeness (QED) is 0.574. The number of nitrogens with two attached hydrogens (primary N) is 1. The molecule has 30 heavy (non-hydrogen) atoms. The van der Waals surface area contributed by atoms with Gasteiger partial charge in [-0.25, -0.2) is 19.5 Å². The standard InChI is InChI=1S/C19H17F3N8/c1-2-4-14-15(26-11-30-17(14)28-18(29-30)19(20,21)22)9-13(6-7-23)27-16-12(10-24)5-3-8-25-16/h3,5-8,11,23H,2,4,9H2,1H3,(H,25,27)/p+1/b13-6-,23-7?. The van der Waals surface area contributed by atoms with Crippen molar-refractivity contribution in [3.63, 3.8) is 0 Å². The van der Waals surface area contributed by atoms with Crippen LogP contribution >= 0.6 is 0 Å². The molecular weight excluding hydrogens is 397 g/mol. The summed E-state index contributed by atoms with van der Waals surface area (Å²) in [6.45, 7) is 1.90. The van der Waals surface area contributed by atoms with Gasteiger partial charge < -0.3 is 5.41 Å². The molecule has 0 aromatic carbocycles. The van der Waals surface area contributed by atoms with Gasteiger partial charge in [-0.05, 0) is 18.6 Å². The zero-order chi connectivity index (χ0) is 21.7. The van der Waals surface area contributed by atoms with Crippen LogP contribution in [0.1, 0.15) is 36.0 Å². The number of nitriles is 1. The molecule has 0 bridgehead atoms. The van der Waals surface area contributed by atoms with Crippen LogP contribution in [0.5, 0.6) is 0 Å². The highest BCUT2D eigenvalue weighted by Crippen LogP contribution is 2.27. The third kappa shape index (κ3) is 4.49. The molecule has 154 valence electrons. The number of rotatable bonds is 7. The van der Waals surface area contributed by atoms with Gasteiger partial charge in [0, 0.05) is 24.1 Å². The van der Waals surface area contributed by atoms with Crippen LogP contribution in [0.25, 0.3) is 5.65 Å². The van der Waals surface area contributed by atoms with Crippen molar-refractivity contribution < 1.29 is 18.5 Å². The van der Waals surface area contributed by atoms with Crippen LogP contribution in [0.4, 0.5) is 19.0 Å². The van der Waals surface area contributed by atoms with E-state index < -0.39 is 12.0 Å². The third-order valence-electron chi connectivity index (χ3n) is 4.28. The molecule has 8 nitrogen and oxygen atoms in total. The van der Waals surface area contributed by atoms with Crippen molar-refractivity contribution in [2.45, 2.75) is 32.4 Å². The Balaban J connectivity index is 2.01. The van der Waals surface area contributed by atoms with Gasteiger partial charge in [-0.2, -0.15) is 18.4 Å². The van der Waals surface area contributed by atoms with Crippen LogP contribution in [-0.4, -0.2) is 30.8 Å². The Labute approximate surface area is 169 Å². The predicted molar refractivity (Wildman–Crippen MR) is 101 cm³/mol. The molecule has 0 unspecified atom stereocenters. The predicted octanol–water partition coefficient (Wildman–Crippen LogP) is 2.33. The summed E-state index contributed by atoms with van der Waals surface area (Å²) in [5, 5.41) is 21.8. The Morgan fingerprint density at radius 3 is 2.83 bits per heavy atom. The number of aromatic nitrogens is 5. The molecule has 3 aromatic heterocycles. The maximum absolute atomic E-state index is 13.0. The molecule has 0 aliphatic rings. The van der Waals surface area contributed by atoms with Crippen molar-refractivity contribution in [3.8, 4) is 6.07 Å². The van der Waals surface area contributed by atoms with Crippen LogP contribution in [0, 0.1) is 16.7 Å². The molecule has 3 N–H and O–H groups in total. The van der Waals surface area contributed by atoms with Crippen molar-refractivity contribution in [1.82, 2.24) is 24.6 Å². The Morgan fingerprint density at radius 1 is 1.37 bits per heavy atom. The van der Waals surface area contributed by atoms with Gasteiger partial charge in [0.05, 0.1) is 12.1 Å². The number of fused-ring (bicyclic) bond motifs is 1. The van der Waals surface area contributed by atoms with Gasteiger partial charge in [0.2, 0.25) is 5.82 Å². The second-order valence-electron chi connectivity index (χ2n) is 6.40. The molecule has 0 spiro atoms. The fourth-order valence-electron chi connectivity index (χ4n) is 2.98. The normalized spacial score (nSPS) is 12.2. The average molecular weight is 415 g/mol. The smallest absolute Gasteiger partial charge is 0.309 e. The van der Waals surface area contributed by atoms with Crippen molar-refractivity contribution >= 4 is 17.7 Å². The molecule has 0 saturated carbocycles. The number of aryl methyl sites for hydroxylation is 1. The van der Waals surface area contributed by atoms with Gasteiger partial charge in [0.1, 0.15) is 23.7 Å². The number of pyridine rings is 1. The first-order valence-corrected chi connectivity index (χ1v) is 9.07. The highest BCUT2D eigenvalue weighted by molar-refractivity contribution is 5.68. The summed E-state index contributed by atoms with van der Waals surface area (Å²) in [4.78, 5) is 12.2. The Kier molecular flexibility index (Phi) is 6.17. The van der Waals surface area contributed by atoms with Crippen LogP contribution in [0.2, 0.25) is 0 Å². The van der Waals surface area contributed by atoms with E-state index in [1.54, 1.807) is 23.6 Å². The molecule has 0 aliphatic carbocycles. The summed E-state index contributed by atoms with van der Waals surface area (Å²) in [5.41, 5.74) is 2.21. The van der Waals surface area contributed by atoms with Crippen LogP contribution < -0.4 is 5.32 Å². The second kappa shape index (κ2) is 8.79. The topological polar surface area (TPSA) is 120 Å². The van der Waals surface area contributed by atoms with Crippen molar-refractivity contribution in [2.24, 2.45) is 0 Å². The molecule has 0 radical (unpaired) electrons. The number of hydrogen-bond acceptors (Lipinski definition) is 6. The van der Waals surface area contributed by atoms with Gasteiger partial charge in [-0.3, -0.25) is 5.32 Å². The Morgan fingerprint density at radius 2 is 2.17 bits per heavy atom. The zero-order valence-corrected chi connectivity index (χ0v) is 16.0. The number of nitrogens with one attached hydrogen (secondary N) is 1. The van der Waals surface area contributed by atoms with E-state index in [1.807, 2.05) is 6.92 Å². The fraction of sp³-hybridized carbons (Fsp3) is 0.263. The van der Waals surface area contributed by atoms with Crippen LogP contribution in [-0.2, 0) is 19.0 Å². The molecule has 0 saturated heterocycles. The van der Waals surface area contributed by atoms with Crippen molar-refractivity contribution in [1.29, 1.82) is 10.7 Å². The molecule has 11 heteroatoms. The van der Waals surface area contributed by atoms with E-state index in [2.05, 4.69) is 26.1 Å². The van der Waals surface area contributed by atoms with E-state index in [0.29, 0.717) is 41.2 Å². The molecule has 0 fully saturated rings. The lowest BCUT2D eigenvalue weighted by atomic mass is 10.1. The van der Waals surface area contributed by atoms with E-state index in [0.717, 1.165) is 10.7 Å². The average Bonchev–Trinajstić information content (AvgIpc) is 3.15. The SMILES string of the molecule is CCCc1c(C/C(=C/C=N)[NH2+]c2ncccc2C#N)ncn2nc(C(F)(F)F)nc12. The van der Waals surface area contributed by atoms with E-state index in [4.69, 9.17) is 5.41 Å². The van der Waals surface area contributed by atoms with Gasteiger partial charge in [0.15, 0.2) is 5.65 Å². The number of allylic oxidation sites excluding steroid dienone is 2. The first-order chi connectivity index (χ1) is 14.4. The lowest BCUT2D eigenvalue weighted by Crippen LogP contribution is -2.77. The molecule has 3 rings (SSSR count). The summed E-state index contributed by atoms with van der Waals surface area (Å²) >= 11 is 0. The molecule has 0 amide bonds. The number of hydrogen-bond donors (Lipinski definition) is 2. The lowest BCUT2D eigenvalue weighted by Gasteiger charge is -2.10. The highest BCUT2D eigenvalue weighted by Gasteiger charge is 2.36. The van der Waals surface area contributed by atoms with Gasteiger partial charge in [-0.1, -0.05) is 13.3 Å². The maximum Gasteiger partial charge on any atom is 0.453 e. The van der Waals surface area contributed by atoms with Gasteiger partial charge in [0.25, 0.3) is 5.82 Å². The molecule has 0 aliphatic heterocycles. The third-order valence-corrected chi connectivity index (χ3v) is 4.28. The van der Waals surface area contributed by atoms with E-state index in [-0.39, 0.29) is 12.1 Å². The van der Waals surface area contributed by atoms with Crippen molar-refractivity contribution in [3.05, 3.63) is 59.1 Å². The summed E-state index contributed by atoms with van der Waals surface area (Å²) < 4.78 is 40.1. The van der Waals surface area contributed by atoms with Crippen LogP contribution in [0.15, 0.2) is 36.4 Å². The fourth-order valence-corrected chi connectivity index (χ4v) is 2.98. The zero-order valence-electron chi connectivity index (χ0n) is 16.0. The summed E-state index contributed by atoms with van der Waals surface area (Å²) in [6, 6.07) is 5.33. The minimum atomic E-state index is -4.65. The maximum atomic E-state index is 13.0. The van der Waals surface area contributed by atoms with E-state index >= 15 is 0 Å². The summed E-state index contributed by atoms with van der Waals surface area (Å²) in [5.74, 6) is -0.777. The van der Waals surface area contributed by atoms with Crippen molar-refractivity contribution in [2.75, 3.05) is 0 Å². The highest BCUT2D eigenvalue weighted by atomic mass is 19.4. The van der Waals surface area contributed by atoms with E-state index in [9.17, 15) is 18.4 Å². The monoisotopic (exact) mass is 415 g/mol. The van der Waals surface area contributed by atoms with Gasteiger partial charge in [-0.15, -0.1) is 5.10 Å². The number of nitrogens with zero attached hydrogens (tertiary/aromatic N) is 6. The number of alkyl halides is 3. The molecule has 3 heterocycles. The minimum Gasteiger partial charge on any atom is -0.309 e. The van der Waals surface area contributed by atoms with Crippen LogP contribution in [0.3, 0.4) is 0 Å². The first-order valence-electron chi connectivity index (χ1n) is 9.07. The largest absolute Gasteiger partial charge is 0.453 e. The van der Waals surface area contributed by atoms with Gasteiger partial charge >= 0.3 is 6.18 Å². The first kappa shape index (κ1) is 21.1. The number of quaternary nitrogens is 1. The molecule has 0 atom stereocenters. The second-order valence-corrected chi connectivity index (χ2v) is 6.40. The Bertz CT molecular complexity index is 1140. The number of halogens is 3. The minimum absolute atomic E-state index is 0.110. The lowest BCUT2D eigenvalue weighted by molar-refractivity contribution is -0.523.